The van der Waals surface area contributed by atoms with Crippen molar-refractivity contribution in [3.8, 4) is 0 Å². The summed E-state index contributed by atoms with van der Waals surface area (Å²) < 4.78 is 5.07. The van der Waals surface area contributed by atoms with Crippen LogP contribution in [0.3, 0.4) is 0 Å². The molecule has 1 aliphatic heterocycles. The molecular formula is C9H6N4O3. The minimum Gasteiger partial charge on any atom is -0.445 e. The van der Waals surface area contributed by atoms with Crippen LogP contribution in [0.4, 0.5) is 5.69 Å². The van der Waals surface area contributed by atoms with E-state index in [1.807, 2.05) is 0 Å². The Morgan fingerprint density at radius 3 is 2.94 bits per heavy atom. The summed E-state index contributed by atoms with van der Waals surface area (Å²) in [7, 11) is 0. The molecule has 3 rings (SSSR count). The zero-order valence-electron chi connectivity index (χ0n) is 7.90. The van der Waals surface area contributed by atoms with Crippen molar-refractivity contribution in [3.05, 3.63) is 34.4 Å². The van der Waals surface area contributed by atoms with Gasteiger partial charge in [0.15, 0.2) is 6.39 Å². The van der Waals surface area contributed by atoms with Crippen LogP contribution in [0.5, 0.6) is 0 Å². The largest absolute Gasteiger partial charge is 0.445 e. The molecule has 0 spiro atoms. The predicted molar refractivity (Wildman–Crippen MR) is 54.5 cm³/mol. The Morgan fingerprint density at radius 1 is 1.19 bits per heavy atom. The van der Waals surface area contributed by atoms with E-state index in [9.17, 15) is 9.59 Å². The third kappa shape index (κ3) is 1.15. The number of carbonyl (C=O) groups is 1. The zero-order valence-corrected chi connectivity index (χ0v) is 7.90. The molecule has 0 fully saturated rings. The Labute approximate surface area is 88.4 Å². The van der Waals surface area contributed by atoms with Gasteiger partial charge in [0.1, 0.15) is 5.58 Å². The van der Waals surface area contributed by atoms with Gasteiger partial charge >= 0.3 is 0 Å². The number of hydrogen-bond acceptors (Lipinski definition) is 6. The third-order valence-electron chi connectivity index (χ3n) is 2.32. The molecule has 1 aromatic carbocycles. The minimum absolute atomic E-state index is 0.296. The van der Waals surface area contributed by atoms with Gasteiger partial charge in [-0.1, -0.05) is 0 Å². The fourth-order valence-electron chi connectivity index (χ4n) is 1.56. The van der Waals surface area contributed by atoms with E-state index in [4.69, 9.17) is 4.42 Å². The molecule has 0 atom stereocenters. The van der Waals surface area contributed by atoms with Crippen LogP contribution in [0, 0.1) is 0 Å². The number of hydrogen-bond donors (Lipinski definition) is 3. The molecular weight excluding hydrogens is 212 g/mol. The highest BCUT2D eigenvalue weighted by molar-refractivity contribution is 6.04. The van der Waals surface area contributed by atoms with E-state index in [0.29, 0.717) is 22.2 Å². The molecule has 7 nitrogen and oxygen atoms in total. The maximum Gasteiger partial charge on any atom is 0.283 e. The van der Waals surface area contributed by atoms with Crippen LogP contribution < -0.4 is 21.9 Å². The van der Waals surface area contributed by atoms with Gasteiger partial charge in [-0.05, 0) is 12.1 Å². The Hall–Kier alpha value is -2.41. The van der Waals surface area contributed by atoms with E-state index in [-0.39, 0.29) is 5.91 Å². The average Bonchev–Trinajstić information content (AvgIpc) is 2.29. The third-order valence-corrected chi connectivity index (χ3v) is 2.32. The van der Waals surface area contributed by atoms with Crippen LogP contribution in [-0.4, -0.2) is 10.9 Å². The topological polar surface area (TPSA) is 96.3 Å². The summed E-state index contributed by atoms with van der Waals surface area (Å²) in [5.41, 5.74) is 8.43. The summed E-state index contributed by atoms with van der Waals surface area (Å²) in [6, 6.07) is 3.02. The molecule has 0 aliphatic carbocycles. The Bertz CT molecular complexity index is 649. The van der Waals surface area contributed by atoms with E-state index in [1.165, 1.54) is 12.1 Å². The van der Waals surface area contributed by atoms with Crippen molar-refractivity contribution in [1.29, 1.82) is 0 Å². The van der Waals surface area contributed by atoms with Crippen molar-refractivity contribution in [2.45, 2.75) is 0 Å². The van der Waals surface area contributed by atoms with Crippen molar-refractivity contribution < 1.29 is 9.21 Å². The molecule has 0 unspecified atom stereocenters. The van der Waals surface area contributed by atoms with Crippen molar-refractivity contribution >= 4 is 22.6 Å². The number of amides is 1. The zero-order chi connectivity index (χ0) is 11.1. The lowest BCUT2D eigenvalue weighted by atomic mass is 10.1. The average molecular weight is 218 g/mol. The van der Waals surface area contributed by atoms with Crippen LogP contribution in [-0.2, 0) is 0 Å². The van der Waals surface area contributed by atoms with Crippen LogP contribution in [0.25, 0.3) is 11.0 Å². The molecule has 16 heavy (non-hydrogen) atoms. The van der Waals surface area contributed by atoms with Gasteiger partial charge in [-0.2, -0.15) is 4.98 Å². The molecule has 1 amide bonds. The highest BCUT2D eigenvalue weighted by Gasteiger charge is 2.18. The number of nitrogens with one attached hydrogen (secondary N) is 3. The maximum absolute atomic E-state index is 11.5. The predicted octanol–water partition coefficient (Wildman–Crippen LogP) is -0.237. The van der Waals surface area contributed by atoms with Crippen molar-refractivity contribution in [1.82, 2.24) is 15.9 Å². The van der Waals surface area contributed by atoms with Gasteiger partial charge in [0.05, 0.1) is 16.6 Å². The molecule has 2 aromatic rings. The number of carbonyl (C=O) groups excluding carboxylic acids is 1. The quantitative estimate of drug-likeness (QED) is 0.565. The number of benzene rings is 1. The molecule has 0 bridgehead atoms. The van der Waals surface area contributed by atoms with E-state index < -0.39 is 5.56 Å². The van der Waals surface area contributed by atoms with E-state index in [1.54, 1.807) is 0 Å². The summed E-state index contributed by atoms with van der Waals surface area (Å²) in [5.74, 6) is -0.296. The van der Waals surface area contributed by atoms with Crippen LogP contribution in [0.2, 0.25) is 0 Å². The van der Waals surface area contributed by atoms with Gasteiger partial charge in [0.25, 0.3) is 11.5 Å². The fourth-order valence-corrected chi connectivity index (χ4v) is 1.56. The number of rotatable bonds is 0. The number of hydrazine groups is 2. The maximum atomic E-state index is 11.5. The Balaban J connectivity index is 2.39. The standard InChI is InChI=1S/C9H6N4O3/c14-8-5-1-6-4(9(15)12-13-11-6)2-7(5)16-3-10-8/h1-3,11,13H,(H,12,15). The van der Waals surface area contributed by atoms with Gasteiger partial charge < -0.3 is 9.84 Å². The van der Waals surface area contributed by atoms with Gasteiger partial charge in [0.2, 0.25) is 0 Å². The number of aromatic nitrogens is 1. The highest BCUT2D eigenvalue weighted by atomic mass is 16.3. The SMILES string of the molecule is O=C1NNNc2cc3c(=O)ncoc3cc21. The second-order valence-corrected chi connectivity index (χ2v) is 3.26. The fraction of sp³-hybridized carbons (Fsp3) is 0. The van der Waals surface area contributed by atoms with Gasteiger partial charge in [-0.3, -0.25) is 15.0 Å². The summed E-state index contributed by atoms with van der Waals surface area (Å²) in [4.78, 5) is 26.4. The van der Waals surface area contributed by atoms with Gasteiger partial charge in [-0.25, -0.2) is 0 Å². The molecule has 1 aliphatic rings. The van der Waals surface area contributed by atoms with Crippen LogP contribution in [0.1, 0.15) is 10.4 Å². The first-order valence-electron chi connectivity index (χ1n) is 4.48. The van der Waals surface area contributed by atoms with E-state index in [0.717, 1.165) is 6.39 Å². The second-order valence-electron chi connectivity index (χ2n) is 3.26. The summed E-state index contributed by atoms with van der Waals surface area (Å²) in [5, 5.41) is 0.324. The summed E-state index contributed by atoms with van der Waals surface area (Å²) in [6.45, 7) is 0. The normalized spacial score (nSPS) is 14.1. The van der Waals surface area contributed by atoms with Gasteiger partial charge in [-0.15, -0.1) is 5.53 Å². The van der Waals surface area contributed by atoms with Crippen LogP contribution >= 0.6 is 0 Å². The number of anilines is 1. The van der Waals surface area contributed by atoms with Crippen molar-refractivity contribution in [2.24, 2.45) is 0 Å². The van der Waals surface area contributed by atoms with Crippen molar-refractivity contribution in [2.75, 3.05) is 5.43 Å². The number of nitrogens with zero attached hydrogens (tertiary/aromatic N) is 1. The monoisotopic (exact) mass is 218 g/mol. The van der Waals surface area contributed by atoms with Gasteiger partial charge in [0, 0.05) is 0 Å². The summed E-state index contributed by atoms with van der Waals surface area (Å²) in [6.07, 6.45) is 1.06. The van der Waals surface area contributed by atoms with Crippen LogP contribution in [0.15, 0.2) is 27.7 Å². The number of fused-ring (bicyclic) bond motifs is 2. The molecule has 0 saturated heterocycles. The molecule has 0 saturated carbocycles. The molecule has 1 aromatic heterocycles. The van der Waals surface area contributed by atoms with Crippen molar-refractivity contribution in [3.63, 3.8) is 0 Å². The first kappa shape index (κ1) is 8.86. The lowest BCUT2D eigenvalue weighted by Crippen LogP contribution is -2.45. The lowest BCUT2D eigenvalue weighted by molar-refractivity contribution is 0.0931. The minimum atomic E-state index is -0.392. The molecule has 80 valence electrons. The Kier molecular flexibility index (Phi) is 1.68. The molecule has 0 radical (unpaired) electrons. The first-order valence-corrected chi connectivity index (χ1v) is 4.48. The first-order chi connectivity index (χ1) is 7.75. The van der Waals surface area contributed by atoms with E-state index in [2.05, 4.69) is 21.4 Å². The molecule has 2 heterocycles. The van der Waals surface area contributed by atoms with E-state index >= 15 is 0 Å². The highest BCUT2D eigenvalue weighted by Crippen LogP contribution is 2.22. The Morgan fingerprint density at radius 2 is 2.06 bits per heavy atom. The molecule has 7 heteroatoms. The molecule has 3 N–H and O–H groups in total. The summed E-state index contributed by atoms with van der Waals surface area (Å²) >= 11 is 0. The second kappa shape index (κ2) is 3.04. The smallest absolute Gasteiger partial charge is 0.283 e. The lowest BCUT2D eigenvalue weighted by Gasteiger charge is -2.18.